The molecule has 126 valence electrons. The van der Waals surface area contributed by atoms with Crippen LogP contribution >= 0.6 is 35.6 Å². The standard InChI is InChI=1S/C16H15ClN2O3S2/c17-12-7-6-10(8-13(12)19(21)22)9-14-15(20)18(16(23)24-14)11-4-2-1-3-5-11/h6-9,11H,1-5H2/b14-9-. The number of halogens is 1. The third kappa shape index (κ3) is 3.48. The van der Waals surface area contributed by atoms with Crippen LogP contribution in [0.3, 0.4) is 0 Å². The van der Waals surface area contributed by atoms with Crippen LogP contribution < -0.4 is 0 Å². The van der Waals surface area contributed by atoms with Crippen molar-refractivity contribution >= 4 is 57.6 Å². The Kier molecular flexibility index (Phi) is 5.22. The molecular weight excluding hydrogens is 368 g/mol. The lowest BCUT2D eigenvalue weighted by molar-refractivity contribution is -0.384. The van der Waals surface area contributed by atoms with E-state index in [1.807, 2.05) is 0 Å². The second-order valence-corrected chi connectivity index (χ2v) is 7.89. The minimum absolute atomic E-state index is 0.0758. The fourth-order valence-electron chi connectivity index (χ4n) is 3.04. The normalized spacial score (nSPS) is 20.9. The topological polar surface area (TPSA) is 63.4 Å². The zero-order chi connectivity index (χ0) is 17.3. The lowest BCUT2D eigenvalue weighted by Gasteiger charge is -2.29. The number of nitro groups is 1. The van der Waals surface area contributed by atoms with Crippen molar-refractivity contribution in [3.05, 3.63) is 43.8 Å². The summed E-state index contributed by atoms with van der Waals surface area (Å²) in [6.45, 7) is 0. The highest BCUT2D eigenvalue weighted by atomic mass is 35.5. The maximum Gasteiger partial charge on any atom is 0.288 e. The van der Waals surface area contributed by atoms with E-state index in [1.54, 1.807) is 17.0 Å². The predicted octanol–water partition coefficient (Wildman–Crippen LogP) is 4.78. The summed E-state index contributed by atoms with van der Waals surface area (Å²) in [4.78, 5) is 25.4. The zero-order valence-corrected chi connectivity index (χ0v) is 15.1. The highest BCUT2D eigenvalue weighted by molar-refractivity contribution is 8.26. The molecule has 0 spiro atoms. The van der Waals surface area contributed by atoms with Gasteiger partial charge >= 0.3 is 0 Å². The number of rotatable bonds is 3. The molecule has 0 bridgehead atoms. The first-order valence-corrected chi connectivity index (χ1v) is 9.28. The smallest absolute Gasteiger partial charge is 0.288 e. The van der Waals surface area contributed by atoms with E-state index in [-0.39, 0.29) is 22.7 Å². The molecule has 1 aliphatic heterocycles. The van der Waals surface area contributed by atoms with Gasteiger partial charge in [-0.05, 0) is 30.5 Å². The summed E-state index contributed by atoms with van der Waals surface area (Å²) in [6.07, 6.45) is 7.04. The lowest BCUT2D eigenvalue weighted by atomic mass is 9.94. The number of carbonyl (C=O) groups is 1. The van der Waals surface area contributed by atoms with Gasteiger partial charge in [0.05, 0.1) is 9.83 Å². The van der Waals surface area contributed by atoms with Crippen LogP contribution in [0.1, 0.15) is 37.7 Å². The van der Waals surface area contributed by atoms with Gasteiger partial charge in [0.15, 0.2) is 0 Å². The molecular formula is C16H15ClN2O3S2. The van der Waals surface area contributed by atoms with Crippen LogP contribution in [0.15, 0.2) is 23.1 Å². The molecule has 8 heteroatoms. The number of benzene rings is 1. The second kappa shape index (κ2) is 7.21. The molecule has 3 rings (SSSR count). The highest BCUT2D eigenvalue weighted by Gasteiger charge is 2.37. The van der Waals surface area contributed by atoms with E-state index >= 15 is 0 Å². The van der Waals surface area contributed by atoms with Crippen molar-refractivity contribution in [2.24, 2.45) is 0 Å². The molecule has 0 unspecified atom stereocenters. The summed E-state index contributed by atoms with van der Waals surface area (Å²) in [5.41, 5.74) is 0.392. The minimum atomic E-state index is -0.535. The number of thiocarbonyl (C=S) groups is 1. The molecule has 1 saturated carbocycles. The van der Waals surface area contributed by atoms with Crippen molar-refractivity contribution in [3.63, 3.8) is 0 Å². The Morgan fingerprint density at radius 1 is 1.33 bits per heavy atom. The molecule has 0 N–H and O–H groups in total. The van der Waals surface area contributed by atoms with Crippen molar-refractivity contribution in [2.75, 3.05) is 0 Å². The van der Waals surface area contributed by atoms with Gasteiger partial charge in [-0.2, -0.15) is 0 Å². The molecule has 2 aliphatic rings. The summed E-state index contributed by atoms with van der Waals surface area (Å²) in [5, 5.41) is 11.1. The molecule has 24 heavy (non-hydrogen) atoms. The Bertz CT molecular complexity index is 745. The Hall–Kier alpha value is -1.44. The summed E-state index contributed by atoms with van der Waals surface area (Å²) in [6, 6.07) is 4.67. The molecule has 5 nitrogen and oxygen atoms in total. The third-order valence-corrected chi connectivity index (χ3v) is 5.88. The summed E-state index contributed by atoms with van der Waals surface area (Å²) >= 11 is 12.5. The van der Waals surface area contributed by atoms with Gasteiger partial charge in [0, 0.05) is 12.1 Å². The first kappa shape index (κ1) is 17.4. The maximum absolute atomic E-state index is 12.7. The number of hydrogen-bond acceptors (Lipinski definition) is 5. The number of hydrogen-bond donors (Lipinski definition) is 0. The molecule has 1 heterocycles. The second-order valence-electron chi connectivity index (χ2n) is 5.81. The molecule has 1 aromatic rings. The largest absolute Gasteiger partial charge is 0.290 e. The predicted molar refractivity (Wildman–Crippen MR) is 100.0 cm³/mol. The van der Waals surface area contributed by atoms with E-state index in [1.165, 1.54) is 30.3 Å². The van der Waals surface area contributed by atoms with Crippen LogP contribution in [0, 0.1) is 10.1 Å². The first-order valence-electron chi connectivity index (χ1n) is 7.68. The number of amides is 1. The monoisotopic (exact) mass is 382 g/mol. The number of thioether (sulfide) groups is 1. The number of carbonyl (C=O) groups excluding carboxylic acids is 1. The van der Waals surface area contributed by atoms with Gasteiger partial charge in [0.2, 0.25) is 0 Å². The van der Waals surface area contributed by atoms with E-state index in [0.29, 0.717) is 14.8 Å². The summed E-state index contributed by atoms with van der Waals surface area (Å²) in [5.74, 6) is -0.102. The zero-order valence-electron chi connectivity index (χ0n) is 12.7. The van der Waals surface area contributed by atoms with Gasteiger partial charge in [-0.3, -0.25) is 19.8 Å². The lowest BCUT2D eigenvalue weighted by Crippen LogP contribution is -2.39. The van der Waals surface area contributed by atoms with E-state index in [0.717, 1.165) is 25.7 Å². The quantitative estimate of drug-likeness (QED) is 0.325. The van der Waals surface area contributed by atoms with Crippen LogP contribution in [0.25, 0.3) is 6.08 Å². The molecule has 0 aromatic heterocycles. The SMILES string of the molecule is O=C1/C(=C/c2ccc(Cl)c([N+](=O)[O-])c2)SC(=S)N1C1CCCCC1. The van der Waals surface area contributed by atoms with Crippen LogP contribution in [0.4, 0.5) is 5.69 Å². The van der Waals surface area contributed by atoms with Gasteiger partial charge < -0.3 is 0 Å². The fourth-order valence-corrected chi connectivity index (χ4v) is 4.63. The van der Waals surface area contributed by atoms with E-state index in [9.17, 15) is 14.9 Å². The molecule has 2 fully saturated rings. The van der Waals surface area contributed by atoms with Crippen LogP contribution in [0.2, 0.25) is 5.02 Å². The van der Waals surface area contributed by atoms with Crippen molar-refractivity contribution in [1.82, 2.24) is 4.90 Å². The third-order valence-electron chi connectivity index (χ3n) is 4.23. The average molecular weight is 383 g/mol. The molecule has 1 aromatic carbocycles. The average Bonchev–Trinajstić information content (AvgIpc) is 2.83. The van der Waals surface area contributed by atoms with Gasteiger partial charge in [-0.25, -0.2) is 0 Å². The first-order chi connectivity index (χ1) is 11.5. The van der Waals surface area contributed by atoms with Crippen molar-refractivity contribution in [3.8, 4) is 0 Å². The van der Waals surface area contributed by atoms with Gasteiger partial charge in [-0.15, -0.1) is 0 Å². The number of nitro benzene ring substituents is 1. The molecule has 1 amide bonds. The van der Waals surface area contributed by atoms with Gasteiger partial charge in [0.25, 0.3) is 11.6 Å². The van der Waals surface area contributed by atoms with Crippen LogP contribution in [-0.4, -0.2) is 26.1 Å². The molecule has 1 saturated heterocycles. The van der Waals surface area contributed by atoms with Crippen molar-refractivity contribution < 1.29 is 9.72 Å². The van der Waals surface area contributed by atoms with Crippen molar-refractivity contribution in [2.45, 2.75) is 38.1 Å². The Morgan fingerprint density at radius 2 is 2.04 bits per heavy atom. The number of nitrogens with zero attached hydrogens (tertiary/aromatic N) is 2. The molecule has 1 aliphatic carbocycles. The Balaban J connectivity index is 1.86. The van der Waals surface area contributed by atoms with Gasteiger partial charge in [-0.1, -0.05) is 60.9 Å². The van der Waals surface area contributed by atoms with Gasteiger partial charge in [0.1, 0.15) is 9.34 Å². The van der Waals surface area contributed by atoms with Crippen LogP contribution in [-0.2, 0) is 4.79 Å². The van der Waals surface area contributed by atoms with E-state index in [2.05, 4.69) is 0 Å². The summed E-state index contributed by atoms with van der Waals surface area (Å²) < 4.78 is 0.571. The van der Waals surface area contributed by atoms with Crippen LogP contribution in [0.5, 0.6) is 0 Å². The Morgan fingerprint density at radius 3 is 2.71 bits per heavy atom. The molecule has 0 radical (unpaired) electrons. The Labute approximate surface area is 154 Å². The summed E-state index contributed by atoms with van der Waals surface area (Å²) in [7, 11) is 0. The highest BCUT2D eigenvalue weighted by Crippen LogP contribution is 2.37. The maximum atomic E-state index is 12.7. The fraction of sp³-hybridized carbons (Fsp3) is 0.375. The molecule has 0 atom stereocenters. The minimum Gasteiger partial charge on any atom is -0.290 e. The van der Waals surface area contributed by atoms with E-state index < -0.39 is 4.92 Å². The van der Waals surface area contributed by atoms with Crippen molar-refractivity contribution in [1.29, 1.82) is 0 Å². The van der Waals surface area contributed by atoms with E-state index in [4.69, 9.17) is 23.8 Å².